The second-order valence-electron chi connectivity index (χ2n) is 5.58. The molecule has 5 heteroatoms. The molecule has 2 rings (SSSR count). The van der Waals surface area contributed by atoms with Crippen LogP contribution in [0.4, 0.5) is 8.78 Å². The molecule has 3 nitrogen and oxygen atoms in total. The van der Waals surface area contributed by atoms with Crippen LogP contribution in [0.25, 0.3) is 0 Å². The van der Waals surface area contributed by atoms with Crippen molar-refractivity contribution in [3.8, 4) is 0 Å². The lowest BCUT2D eigenvalue weighted by Crippen LogP contribution is -2.34. The molecule has 2 atom stereocenters. The van der Waals surface area contributed by atoms with Crippen LogP contribution in [-0.4, -0.2) is 23.4 Å². The Morgan fingerprint density at radius 3 is 2.60 bits per heavy atom. The van der Waals surface area contributed by atoms with E-state index in [1.54, 1.807) is 4.90 Å². The Kier molecular flexibility index (Phi) is 4.38. The third kappa shape index (κ3) is 2.82. The molecule has 1 saturated heterocycles. The fraction of sp³-hybridized carbons (Fsp3) is 0.533. The number of rotatable bonds is 4. The number of carbonyl (C=O) groups excluding carboxylic acids is 1. The van der Waals surface area contributed by atoms with Crippen LogP contribution in [-0.2, 0) is 4.79 Å². The zero-order valence-corrected chi connectivity index (χ0v) is 12.0. The third-order valence-corrected chi connectivity index (χ3v) is 3.48. The van der Waals surface area contributed by atoms with E-state index in [1.807, 2.05) is 20.8 Å². The van der Waals surface area contributed by atoms with E-state index in [9.17, 15) is 13.6 Å². The number of amides is 1. The summed E-state index contributed by atoms with van der Waals surface area (Å²) in [6, 6.07) is 3.18. The fourth-order valence-electron chi connectivity index (χ4n) is 2.54. The lowest BCUT2D eigenvalue weighted by atomic mass is 10.1. The van der Waals surface area contributed by atoms with Gasteiger partial charge >= 0.3 is 0 Å². The predicted molar refractivity (Wildman–Crippen MR) is 72.9 cm³/mol. The summed E-state index contributed by atoms with van der Waals surface area (Å²) in [7, 11) is 0. The zero-order chi connectivity index (χ0) is 14.9. The van der Waals surface area contributed by atoms with Crippen LogP contribution >= 0.6 is 0 Å². The van der Waals surface area contributed by atoms with Crippen LogP contribution in [0.15, 0.2) is 18.2 Å². The summed E-state index contributed by atoms with van der Waals surface area (Å²) in [5.41, 5.74) is 0.316. The van der Waals surface area contributed by atoms with Gasteiger partial charge in [0.2, 0.25) is 5.91 Å². The Morgan fingerprint density at radius 1 is 1.35 bits per heavy atom. The maximum atomic E-state index is 14.0. The van der Waals surface area contributed by atoms with E-state index in [0.717, 1.165) is 6.07 Å². The summed E-state index contributed by atoms with van der Waals surface area (Å²) in [6.07, 6.45) is 0.127. The van der Waals surface area contributed by atoms with Crippen molar-refractivity contribution in [1.82, 2.24) is 10.2 Å². The minimum absolute atomic E-state index is 0.0186. The van der Waals surface area contributed by atoms with Gasteiger partial charge in [-0.2, -0.15) is 0 Å². The van der Waals surface area contributed by atoms with Crippen molar-refractivity contribution in [3.63, 3.8) is 0 Å². The summed E-state index contributed by atoms with van der Waals surface area (Å²) in [4.78, 5) is 13.9. The van der Waals surface area contributed by atoms with Gasteiger partial charge in [0.05, 0.1) is 6.04 Å². The van der Waals surface area contributed by atoms with Gasteiger partial charge in [-0.1, -0.05) is 20.8 Å². The Labute approximate surface area is 118 Å². The monoisotopic (exact) mass is 282 g/mol. The molecule has 0 aliphatic carbocycles. The van der Waals surface area contributed by atoms with Crippen molar-refractivity contribution in [2.45, 2.75) is 39.4 Å². The highest BCUT2D eigenvalue weighted by Crippen LogP contribution is 2.29. The van der Waals surface area contributed by atoms with Gasteiger partial charge in [-0.15, -0.1) is 0 Å². The molecule has 0 radical (unpaired) electrons. The van der Waals surface area contributed by atoms with Gasteiger partial charge < -0.3 is 4.90 Å². The van der Waals surface area contributed by atoms with Crippen molar-refractivity contribution in [2.75, 3.05) is 6.54 Å². The molecular formula is C15H20F2N2O. The summed E-state index contributed by atoms with van der Waals surface area (Å²) in [5.74, 6) is -0.976. The standard InChI is InChI=1S/C15H20F2N2O/c1-4-13-15(20)19(8-9(2)3)14(18-13)11-6-5-10(16)7-12(11)17/h5-7,9,13-14,18H,4,8H2,1-3H3. The molecule has 1 amide bonds. The van der Waals surface area contributed by atoms with Gasteiger partial charge in [0, 0.05) is 18.2 Å². The molecule has 1 aromatic carbocycles. The number of hydrogen-bond acceptors (Lipinski definition) is 2. The smallest absolute Gasteiger partial charge is 0.241 e. The molecule has 1 aromatic rings. The summed E-state index contributed by atoms with van der Waals surface area (Å²) in [5, 5.41) is 3.14. The lowest BCUT2D eigenvalue weighted by Gasteiger charge is -2.26. The molecule has 1 aliphatic rings. The van der Waals surface area contributed by atoms with Crippen LogP contribution in [0.1, 0.15) is 38.9 Å². The Balaban J connectivity index is 2.34. The zero-order valence-electron chi connectivity index (χ0n) is 12.0. The molecule has 20 heavy (non-hydrogen) atoms. The second-order valence-corrected chi connectivity index (χ2v) is 5.58. The Morgan fingerprint density at radius 2 is 2.05 bits per heavy atom. The average molecular weight is 282 g/mol. The van der Waals surface area contributed by atoms with Gasteiger partial charge in [0.1, 0.15) is 17.8 Å². The normalized spacial score (nSPS) is 22.9. The van der Waals surface area contributed by atoms with Crippen LogP contribution in [0, 0.1) is 17.6 Å². The molecule has 0 aromatic heterocycles. The van der Waals surface area contributed by atoms with Crippen LogP contribution in [0.5, 0.6) is 0 Å². The summed E-state index contributed by atoms with van der Waals surface area (Å²) < 4.78 is 27.0. The Hall–Kier alpha value is -1.49. The first kappa shape index (κ1) is 14.9. The largest absolute Gasteiger partial charge is 0.321 e. The third-order valence-electron chi connectivity index (χ3n) is 3.48. The molecule has 1 N–H and O–H groups in total. The second kappa shape index (κ2) is 5.87. The average Bonchev–Trinajstić information content (AvgIpc) is 2.66. The first-order chi connectivity index (χ1) is 9.43. The lowest BCUT2D eigenvalue weighted by molar-refractivity contribution is -0.130. The number of nitrogens with zero attached hydrogens (tertiary/aromatic N) is 1. The SMILES string of the molecule is CCC1NC(c2ccc(F)cc2F)N(CC(C)C)C1=O. The molecule has 0 saturated carbocycles. The molecule has 110 valence electrons. The van der Waals surface area contributed by atoms with E-state index in [0.29, 0.717) is 18.5 Å². The quantitative estimate of drug-likeness (QED) is 0.921. The molecule has 2 unspecified atom stereocenters. The van der Waals surface area contributed by atoms with Crippen molar-refractivity contribution in [2.24, 2.45) is 5.92 Å². The fourth-order valence-corrected chi connectivity index (χ4v) is 2.54. The van der Waals surface area contributed by atoms with E-state index in [4.69, 9.17) is 0 Å². The topological polar surface area (TPSA) is 32.3 Å². The maximum absolute atomic E-state index is 14.0. The molecule has 0 bridgehead atoms. The number of nitrogens with one attached hydrogen (secondary N) is 1. The summed E-state index contributed by atoms with van der Waals surface area (Å²) >= 11 is 0. The predicted octanol–water partition coefficient (Wildman–Crippen LogP) is 2.83. The number of carbonyl (C=O) groups is 1. The number of hydrogen-bond donors (Lipinski definition) is 1. The highest BCUT2D eigenvalue weighted by atomic mass is 19.1. The number of benzene rings is 1. The van der Waals surface area contributed by atoms with Crippen molar-refractivity contribution >= 4 is 5.91 Å². The van der Waals surface area contributed by atoms with Crippen LogP contribution in [0.2, 0.25) is 0 Å². The molecule has 0 spiro atoms. The van der Waals surface area contributed by atoms with Crippen molar-refractivity contribution < 1.29 is 13.6 Å². The van der Waals surface area contributed by atoms with Crippen LogP contribution < -0.4 is 5.32 Å². The van der Waals surface area contributed by atoms with Gasteiger partial charge in [-0.05, 0) is 24.5 Å². The van der Waals surface area contributed by atoms with E-state index in [2.05, 4.69) is 5.32 Å². The van der Waals surface area contributed by atoms with Gasteiger partial charge in [0.25, 0.3) is 0 Å². The van der Waals surface area contributed by atoms with Crippen molar-refractivity contribution in [1.29, 1.82) is 0 Å². The van der Waals surface area contributed by atoms with Gasteiger partial charge in [0.15, 0.2) is 0 Å². The highest BCUT2D eigenvalue weighted by Gasteiger charge is 2.39. The van der Waals surface area contributed by atoms with E-state index in [-0.39, 0.29) is 17.9 Å². The van der Waals surface area contributed by atoms with E-state index >= 15 is 0 Å². The highest BCUT2D eigenvalue weighted by molar-refractivity contribution is 5.84. The minimum atomic E-state index is -0.624. The molecule has 1 aliphatic heterocycles. The van der Waals surface area contributed by atoms with E-state index in [1.165, 1.54) is 12.1 Å². The number of halogens is 2. The minimum Gasteiger partial charge on any atom is -0.321 e. The molecule has 1 heterocycles. The molecule has 1 fully saturated rings. The van der Waals surface area contributed by atoms with E-state index < -0.39 is 17.8 Å². The Bertz CT molecular complexity index is 505. The van der Waals surface area contributed by atoms with Gasteiger partial charge in [-0.3, -0.25) is 10.1 Å². The van der Waals surface area contributed by atoms with Crippen LogP contribution in [0.3, 0.4) is 0 Å². The first-order valence-corrected chi connectivity index (χ1v) is 6.95. The first-order valence-electron chi connectivity index (χ1n) is 6.95. The van der Waals surface area contributed by atoms with Gasteiger partial charge in [-0.25, -0.2) is 8.78 Å². The maximum Gasteiger partial charge on any atom is 0.241 e. The van der Waals surface area contributed by atoms with Crippen molar-refractivity contribution in [3.05, 3.63) is 35.4 Å². The summed E-state index contributed by atoms with van der Waals surface area (Å²) in [6.45, 7) is 6.46. The molecular weight excluding hydrogens is 262 g/mol.